The van der Waals surface area contributed by atoms with Gasteiger partial charge in [-0.15, -0.1) is 0 Å². The summed E-state index contributed by atoms with van der Waals surface area (Å²) in [5, 5.41) is 3.85. The Morgan fingerprint density at radius 1 is 1.37 bits per heavy atom. The monoisotopic (exact) mass is 257 g/mol. The van der Waals surface area contributed by atoms with Crippen molar-refractivity contribution in [1.29, 1.82) is 0 Å². The van der Waals surface area contributed by atoms with Crippen molar-refractivity contribution in [3.63, 3.8) is 0 Å². The molecule has 0 amide bonds. The second kappa shape index (κ2) is 5.28. The van der Waals surface area contributed by atoms with E-state index in [1.165, 1.54) is 0 Å². The van der Waals surface area contributed by atoms with Crippen molar-refractivity contribution in [3.05, 3.63) is 47.3 Å². The number of aromatic nitrogens is 1. The molecular weight excluding hydrogens is 242 g/mol. The predicted octanol–water partition coefficient (Wildman–Crippen LogP) is 2.93. The Morgan fingerprint density at radius 3 is 2.95 bits per heavy atom. The number of benzene rings is 1. The summed E-state index contributed by atoms with van der Waals surface area (Å²) >= 11 is 0. The van der Waals surface area contributed by atoms with E-state index in [1.54, 1.807) is 0 Å². The van der Waals surface area contributed by atoms with Crippen molar-refractivity contribution >= 4 is 12.2 Å². The molecule has 4 nitrogen and oxygen atoms in total. The van der Waals surface area contributed by atoms with Crippen LogP contribution >= 0.6 is 0 Å². The van der Waals surface area contributed by atoms with Gasteiger partial charge in [-0.05, 0) is 25.1 Å². The van der Waals surface area contributed by atoms with E-state index >= 15 is 0 Å². The Hall–Kier alpha value is -2.07. The fourth-order valence-corrected chi connectivity index (χ4v) is 1.73. The number of nitrogens with zero attached hydrogens (tertiary/aromatic N) is 1. The molecule has 0 saturated carbocycles. The SMILES string of the molecule is Cc1cc(C=Cc2ccccc2OCC2CO2)on1. The summed E-state index contributed by atoms with van der Waals surface area (Å²) < 4.78 is 16.0. The highest BCUT2D eigenvalue weighted by Gasteiger charge is 2.23. The first-order valence-electron chi connectivity index (χ1n) is 6.26. The maximum Gasteiger partial charge on any atom is 0.159 e. The second-order valence-electron chi connectivity index (χ2n) is 4.51. The zero-order chi connectivity index (χ0) is 13.1. The molecule has 0 spiro atoms. The number of epoxide rings is 1. The van der Waals surface area contributed by atoms with Crippen molar-refractivity contribution in [1.82, 2.24) is 5.16 Å². The lowest BCUT2D eigenvalue weighted by Gasteiger charge is -2.07. The summed E-state index contributed by atoms with van der Waals surface area (Å²) in [5.41, 5.74) is 1.88. The second-order valence-corrected chi connectivity index (χ2v) is 4.51. The molecule has 0 radical (unpaired) electrons. The zero-order valence-corrected chi connectivity index (χ0v) is 10.7. The van der Waals surface area contributed by atoms with Gasteiger partial charge < -0.3 is 14.0 Å². The standard InChI is InChI=1S/C15H15NO3/c1-11-8-13(19-16-11)7-6-12-4-2-3-5-15(12)18-10-14-9-17-14/h2-8,14H,9-10H2,1H3. The van der Waals surface area contributed by atoms with Gasteiger partial charge >= 0.3 is 0 Å². The van der Waals surface area contributed by atoms with Gasteiger partial charge in [-0.2, -0.15) is 0 Å². The molecule has 1 aromatic heterocycles. The number of aryl methyl sites for hydroxylation is 1. The van der Waals surface area contributed by atoms with Gasteiger partial charge in [0.05, 0.1) is 12.3 Å². The van der Waals surface area contributed by atoms with Gasteiger partial charge in [0.25, 0.3) is 0 Å². The number of hydrogen-bond acceptors (Lipinski definition) is 4. The van der Waals surface area contributed by atoms with E-state index in [2.05, 4.69) is 5.16 Å². The molecule has 1 aliphatic rings. The summed E-state index contributed by atoms with van der Waals surface area (Å²) in [6, 6.07) is 9.78. The minimum absolute atomic E-state index is 0.258. The van der Waals surface area contributed by atoms with Crippen LogP contribution in [-0.2, 0) is 4.74 Å². The predicted molar refractivity (Wildman–Crippen MR) is 71.8 cm³/mol. The van der Waals surface area contributed by atoms with E-state index in [1.807, 2.05) is 49.4 Å². The summed E-state index contributed by atoms with van der Waals surface area (Å²) in [6.07, 6.45) is 4.10. The van der Waals surface area contributed by atoms with Crippen LogP contribution in [0.1, 0.15) is 17.0 Å². The summed E-state index contributed by atoms with van der Waals surface area (Å²) in [4.78, 5) is 0. The third-order valence-corrected chi connectivity index (χ3v) is 2.82. The van der Waals surface area contributed by atoms with Crippen molar-refractivity contribution in [2.24, 2.45) is 0 Å². The highest BCUT2D eigenvalue weighted by molar-refractivity contribution is 5.70. The molecule has 1 fully saturated rings. The van der Waals surface area contributed by atoms with Gasteiger partial charge in [-0.1, -0.05) is 23.4 Å². The van der Waals surface area contributed by atoms with Crippen LogP contribution in [0.5, 0.6) is 5.75 Å². The highest BCUT2D eigenvalue weighted by atomic mass is 16.6. The molecule has 1 unspecified atom stereocenters. The van der Waals surface area contributed by atoms with Crippen LogP contribution in [0.4, 0.5) is 0 Å². The molecule has 1 aromatic carbocycles. The van der Waals surface area contributed by atoms with E-state index in [0.717, 1.165) is 29.4 Å². The van der Waals surface area contributed by atoms with Crippen LogP contribution in [-0.4, -0.2) is 24.5 Å². The first kappa shape index (κ1) is 12.0. The molecule has 1 saturated heterocycles. The Balaban J connectivity index is 1.73. The Morgan fingerprint density at radius 2 is 2.21 bits per heavy atom. The van der Waals surface area contributed by atoms with Crippen molar-refractivity contribution in [2.75, 3.05) is 13.2 Å². The molecule has 0 bridgehead atoms. The number of para-hydroxylation sites is 1. The number of hydrogen-bond donors (Lipinski definition) is 0. The fraction of sp³-hybridized carbons (Fsp3) is 0.267. The third kappa shape index (κ3) is 3.23. The molecule has 0 aliphatic carbocycles. The van der Waals surface area contributed by atoms with E-state index in [-0.39, 0.29) is 6.10 Å². The fourth-order valence-electron chi connectivity index (χ4n) is 1.73. The number of ether oxygens (including phenoxy) is 2. The molecule has 19 heavy (non-hydrogen) atoms. The van der Waals surface area contributed by atoms with Crippen LogP contribution < -0.4 is 4.74 Å². The van der Waals surface area contributed by atoms with Gasteiger partial charge in [0, 0.05) is 11.6 Å². The van der Waals surface area contributed by atoms with E-state index in [0.29, 0.717) is 6.61 Å². The smallest absolute Gasteiger partial charge is 0.159 e. The van der Waals surface area contributed by atoms with Crippen LogP contribution in [0, 0.1) is 6.92 Å². The molecule has 1 atom stereocenters. The van der Waals surface area contributed by atoms with E-state index in [4.69, 9.17) is 14.0 Å². The Labute approximate surface area is 111 Å². The molecule has 0 N–H and O–H groups in total. The van der Waals surface area contributed by atoms with Crippen LogP contribution in [0.25, 0.3) is 12.2 Å². The molecule has 98 valence electrons. The highest BCUT2D eigenvalue weighted by Crippen LogP contribution is 2.22. The lowest BCUT2D eigenvalue weighted by molar-refractivity contribution is 0.262. The van der Waals surface area contributed by atoms with Crippen LogP contribution in [0.15, 0.2) is 34.9 Å². The Bertz CT molecular complexity index is 585. The van der Waals surface area contributed by atoms with Crippen molar-refractivity contribution in [2.45, 2.75) is 13.0 Å². The topological polar surface area (TPSA) is 47.8 Å². The molecule has 2 aromatic rings. The minimum Gasteiger partial charge on any atom is -0.490 e. The first-order valence-corrected chi connectivity index (χ1v) is 6.26. The summed E-state index contributed by atoms with van der Waals surface area (Å²) in [5.74, 6) is 1.59. The maximum atomic E-state index is 5.73. The van der Waals surface area contributed by atoms with Crippen molar-refractivity contribution in [3.8, 4) is 5.75 Å². The third-order valence-electron chi connectivity index (χ3n) is 2.82. The molecule has 4 heteroatoms. The average molecular weight is 257 g/mol. The quantitative estimate of drug-likeness (QED) is 0.773. The van der Waals surface area contributed by atoms with Crippen LogP contribution in [0.3, 0.4) is 0 Å². The first-order chi connectivity index (χ1) is 9.31. The normalized spacial score (nSPS) is 17.8. The lowest BCUT2D eigenvalue weighted by Crippen LogP contribution is -2.04. The van der Waals surface area contributed by atoms with Gasteiger partial charge in [0.1, 0.15) is 18.5 Å². The molecular formula is C15H15NO3. The summed E-state index contributed by atoms with van der Waals surface area (Å²) in [6.45, 7) is 3.30. The molecule has 3 rings (SSSR count). The molecule has 1 aliphatic heterocycles. The van der Waals surface area contributed by atoms with Crippen LogP contribution in [0.2, 0.25) is 0 Å². The van der Waals surface area contributed by atoms with E-state index in [9.17, 15) is 0 Å². The largest absolute Gasteiger partial charge is 0.490 e. The van der Waals surface area contributed by atoms with Crippen molar-refractivity contribution < 1.29 is 14.0 Å². The van der Waals surface area contributed by atoms with Gasteiger partial charge in [0.2, 0.25) is 0 Å². The average Bonchev–Trinajstić information content (AvgIpc) is 3.17. The van der Waals surface area contributed by atoms with Gasteiger partial charge in [-0.25, -0.2) is 0 Å². The zero-order valence-electron chi connectivity index (χ0n) is 10.7. The summed E-state index contributed by atoms with van der Waals surface area (Å²) in [7, 11) is 0. The minimum atomic E-state index is 0.258. The van der Waals surface area contributed by atoms with Gasteiger partial charge in [-0.3, -0.25) is 0 Å². The molecule has 2 heterocycles. The van der Waals surface area contributed by atoms with Gasteiger partial charge in [0.15, 0.2) is 5.76 Å². The van der Waals surface area contributed by atoms with E-state index < -0.39 is 0 Å². The Kier molecular flexibility index (Phi) is 3.33. The maximum absolute atomic E-state index is 5.73. The number of rotatable bonds is 5. The lowest BCUT2D eigenvalue weighted by atomic mass is 10.2.